The molecule has 0 aliphatic heterocycles. The summed E-state index contributed by atoms with van der Waals surface area (Å²) in [5.41, 5.74) is 3.10. The zero-order valence-corrected chi connectivity index (χ0v) is 21.5. The highest BCUT2D eigenvalue weighted by Gasteiger charge is 2.08. The molecule has 4 nitrogen and oxygen atoms in total. The minimum Gasteiger partial charge on any atom is -0.486 e. The van der Waals surface area contributed by atoms with Gasteiger partial charge in [-0.25, -0.2) is 14.4 Å². The Morgan fingerprint density at radius 1 is 1.00 bits per heavy atom. The summed E-state index contributed by atoms with van der Waals surface area (Å²) in [6.45, 7) is 9.22. The second kappa shape index (κ2) is 14.9. The van der Waals surface area contributed by atoms with Crippen molar-refractivity contribution in [2.45, 2.75) is 58.5 Å². The fraction of sp³-hybridized carbons (Fsp3) is 0.355. The molecule has 0 N–H and O–H groups in total. The van der Waals surface area contributed by atoms with Gasteiger partial charge in [0.25, 0.3) is 0 Å². The van der Waals surface area contributed by atoms with Gasteiger partial charge in [0.1, 0.15) is 12.4 Å². The van der Waals surface area contributed by atoms with E-state index in [0.717, 1.165) is 49.0 Å². The number of allylic oxidation sites excluding steroid dienone is 1. The van der Waals surface area contributed by atoms with Crippen LogP contribution in [0.4, 0.5) is 4.39 Å². The molecule has 0 bridgehead atoms. The normalized spacial score (nSPS) is 12.1. The fourth-order valence-electron chi connectivity index (χ4n) is 3.83. The summed E-state index contributed by atoms with van der Waals surface area (Å²) < 4.78 is 26.1. The lowest BCUT2D eigenvalue weighted by molar-refractivity contribution is 0.0566. The van der Waals surface area contributed by atoms with E-state index in [0.29, 0.717) is 29.8 Å². The number of unbranched alkanes of at least 4 members (excludes halogenated alkanes) is 3. The number of rotatable bonds is 15. The Morgan fingerprint density at radius 3 is 2.44 bits per heavy atom. The number of aromatic nitrogens is 2. The van der Waals surface area contributed by atoms with Gasteiger partial charge in [-0.3, -0.25) is 0 Å². The summed E-state index contributed by atoms with van der Waals surface area (Å²) in [7, 11) is 0. The van der Waals surface area contributed by atoms with Crippen LogP contribution >= 0.6 is 0 Å². The van der Waals surface area contributed by atoms with Crippen LogP contribution in [0.15, 0.2) is 73.6 Å². The lowest BCUT2D eigenvalue weighted by Gasteiger charge is -2.12. The molecule has 0 amide bonds. The second-order valence-corrected chi connectivity index (χ2v) is 8.88. The predicted molar refractivity (Wildman–Crippen MR) is 146 cm³/mol. The Morgan fingerprint density at radius 2 is 1.75 bits per heavy atom. The molecule has 0 saturated heterocycles. The lowest BCUT2D eigenvalue weighted by Crippen LogP contribution is -2.08. The number of halogens is 1. The van der Waals surface area contributed by atoms with Gasteiger partial charge in [-0.2, -0.15) is 0 Å². The van der Waals surface area contributed by atoms with Gasteiger partial charge in [0.2, 0.25) is 0 Å². The number of ether oxygens (including phenoxy) is 2. The van der Waals surface area contributed by atoms with Crippen LogP contribution in [-0.2, 0) is 4.74 Å². The van der Waals surface area contributed by atoms with Crippen molar-refractivity contribution in [1.82, 2.24) is 9.97 Å². The van der Waals surface area contributed by atoms with Gasteiger partial charge < -0.3 is 9.47 Å². The highest BCUT2D eigenvalue weighted by atomic mass is 19.1. The fourth-order valence-corrected chi connectivity index (χ4v) is 3.83. The van der Waals surface area contributed by atoms with Crippen LogP contribution in [0.5, 0.6) is 5.75 Å². The topological polar surface area (TPSA) is 44.2 Å². The summed E-state index contributed by atoms with van der Waals surface area (Å²) in [5, 5.41) is 0. The van der Waals surface area contributed by atoms with Crippen molar-refractivity contribution in [3.05, 3.63) is 85.0 Å². The molecule has 1 unspecified atom stereocenters. The number of hydrogen-bond donors (Lipinski definition) is 0. The van der Waals surface area contributed by atoms with Crippen molar-refractivity contribution < 1.29 is 13.9 Å². The van der Waals surface area contributed by atoms with Gasteiger partial charge in [-0.15, -0.1) is 0 Å². The van der Waals surface area contributed by atoms with Gasteiger partial charge in [-0.05, 0) is 49.8 Å². The summed E-state index contributed by atoms with van der Waals surface area (Å²) in [6, 6.07) is 12.9. The van der Waals surface area contributed by atoms with Crippen LogP contribution in [0, 0.1) is 5.82 Å². The average Bonchev–Trinajstić information content (AvgIpc) is 2.90. The van der Waals surface area contributed by atoms with Gasteiger partial charge >= 0.3 is 0 Å². The SMILES string of the molecule is C=CCOc1cnc(-c2ccc(-c3ccc(C=CCCCC(C)OCCCCC)cc3F)cc2)nc1. The highest BCUT2D eigenvalue weighted by Crippen LogP contribution is 2.27. The van der Waals surface area contributed by atoms with Crippen LogP contribution in [0.25, 0.3) is 28.6 Å². The van der Waals surface area contributed by atoms with E-state index < -0.39 is 0 Å². The molecular formula is C31H37FN2O2. The first-order chi connectivity index (χ1) is 17.6. The predicted octanol–water partition coefficient (Wildman–Crippen LogP) is 8.29. The van der Waals surface area contributed by atoms with E-state index in [9.17, 15) is 4.39 Å². The molecule has 5 heteroatoms. The van der Waals surface area contributed by atoms with Crippen LogP contribution in [0.2, 0.25) is 0 Å². The van der Waals surface area contributed by atoms with Gasteiger partial charge in [0.05, 0.1) is 18.5 Å². The number of nitrogens with zero attached hydrogens (tertiary/aromatic N) is 2. The first-order valence-corrected chi connectivity index (χ1v) is 12.8. The van der Waals surface area contributed by atoms with E-state index in [1.54, 1.807) is 24.5 Å². The Balaban J connectivity index is 1.51. The second-order valence-electron chi connectivity index (χ2n) is 8.88. The Hall–Kier alpha value is -3.31. The molecule has 0 radical (unpaired) electrons. The molecular weight excluding hydrogens is 451 g/mol. The van der Waals surface area contributed by atoms with Crippen LogP contribution in [0.1, 0.15) is 57.9 Å². The lowest BCUT2D eigenvalue weighted by atomic mass is 10.0. The van der Waals surface area contributed by atoms with E-state index in [4.69, 9.17) is 9.47 Å². The molecule has 36 heavy (non-hydrogen) atoms. The molecule has 0 fully saturated rings. The molecule has 3 aromatic rings. The van der Waals surface area contributed by atoms with Crippen molar-refractivity contribution in [2.75, 3.05) is 13.2 Å². The molecule has 1 heterocycles. The van der Waals surface area contributed by atoms with Crippen molar-refractivity contribution in [2.24, 2.45) is 0 Å². The maximum Gasteiger partial charge on any atom is 0.159 e. The quantitative estimate of drug-likeness (QED) is 0.159. The first kappa shape index (κ1) is 27.3. The number of hydrogen-bond acceptors (Lipinski definition) is 4. The third-order valence-corrected chi connectivity index (χ3v) is 5.89. The van der Waals surface area contributed by atoms with E-state index in [1.807, 2.05) is 42.5 Å². The summed E-state index contributed by atoms with van der Waals surface area (Å²) in [4.78, 5) is 8.69. The van der Waals surface area contributed by atoms with E-state index in [1.165, 1.54) is 12.8 Å². The third kappa shape index (κ3) is 8.72. The standard InChI is InChI=1S/C31H37FN2O2/c1-4-6-10-20-35-24(3)11-8-7-9-12-25-13-18-29(30(32)21-25)26-14-16-27(17-15-26)31-33-22-28(23-34-31)36-19-5-2/h5,9,12-18,21-24H,2,4,6-8,10-11,19-20H2,1,3H3. The Kier molecular flexibility index (Phi) is 11.3. The van der Waals surface area contributed by atoms with Crippen molar-refractivity contribution in [1.29, 1.82) is 0 Å². The van der Waals surface area contributed by atoms with Crippen LogP contribution in [-0.4, -0.2) is 29.3 Å². The minimum atomic E-state index is -0.237. The van der Waals surface area contributed by atoms with E-state index >= 15 is 0 Å². The van der Waals surface area contributed by atoms with Crippen molar-refractivity contribution >= 4 is 6.08 Å². The molecule has 0 aliphatic rings. The van der Waals surface area contributed by atoms with E-state index in [-0.39, 0.29) is 5.82 Å². The first-order valence-electron chi connectivity index (χ1n) is 12.8. The van der Waals surface area contributed by atoms with Crippen LogP contribution in [0.3, 0.4) is 0 Å². The summed E-state index contributed by atoms with van der Waals surface area (Å²) >= 11 is 0. The summed E-state index contributed by atoms with van der Waals surface area (Å²) in [5.74, 6) is 0.942. The average molecular weight is 489 g/mol. The Bertz CT molecular complexity index is 1090. The monoisotopic (exact) mass is 488 g/mol. The molecule has 0 aliphatic carbocycles. The molecule has 1 atom stereocenters. The third-order valence-electron chi connectivity index (χ3n) is 5.89. The molecule has 1 aromatic heterocycles. The molecule has 3 rings (SSSR count). The smallest absolute Gasteiger partial charge is 0.159 e. The summed E-state index contributed by atoms with van der Waals surface area (Å²) in [6.07, 6.45) is 16.0. The number of benzene rings is 2. The van der Waals surface area contributed by atoms with Gasteiger partial charge in [-0.1, -0.05) is 81.0 Å². The van der Waals surface area contributed by atoms with Crippen molar-refractivity contribution in [3.8, 4) is 28.3 Å². The Labute approximate surface area is 214 Å². The molecule has 0 saturated carbocycles. The molecule has 190 valence electrons. The van der Waals surface area contributed by atoms with Gasteiger partial charge in [0, 0.05) is 17.7 Å². The highest BCUT2D eigenvalue weighted by molar-refractivity contribution is 5.69. The zero-order chi connectivity index (χ0) is 25.6. The van der Waals surface area contributed by atoms with E-state index in [2.05, 4.69) is 36.5 Å². The maximum absolute atomic E-state index is 14.9. The minimum absolute atomic E-state index is 0.237. The molecule has 2 aromatic carbocycles. The van der Waals surface area contributed by atoms with Crippen molar-refractivity contribution in [3.63, 3.8) is 0 Å². The zero-order valence-electron chi connectivity index (χ0n) is 21.5. The van der Waals surface area contributed by atoms with Gasteiger partial charge in [0.15, 0.2) is 11.6 Å². The largest absolute Gasteiger partial charge is 0.486 e. The van der Waals surface area contributed by atoms with Crippen LogP contribution < -0.4 is 4.74 Å². The maximum atomic E-state index is 14.9. The molecule has 0 spiro atoms.